The molecule has 1 unspecified atom stereocenters. The molecule has 4 heteroatoms. The highest BCUT2D eigenvalue weighted by molar-refractivity contribution is 5.81. The van der Waals surface area contributed by atoms with Gasteiger partial charge >= 0.3 is 0 Å². The van der Waals surface area contributed by atoms with Crippen LogP contribution in [0.2, 0.25) is 0 Å². The minimum Gasteiger partial charge on any atom is -0.366 e. The van der Waals surface area contributed by atoms with Crippen LogP contribution in [0.25, 0.3) is 0 Å². The second-order valence-electron chi connectivity index (χ2n) is 4.78. The van der Waals surface area contributed by atoms with Crippen molar-refractivity contribution in [2.24, 2.45) is 0 Å². The van der Waals surface area contributed by atoms with Gasteiger partial charge in [0.15, 0.2) is 0 Å². The maximum absolute atomic E-state index is 12.4. The van der Waals surface area contributed by atoms with Crippen molar-refractivity contribution in [2.75, 3.05) is 26.2 Å². The SMILES string of the molecule is C=CCN(C(=O)C1CNCCO1)C1CCCC1. The maximum atomic E-state index is 12.4. The lowest BCUT2D eigenvalue weighted by molar-refractivity contribution is -0.146. The smallest absolute Gasteiger partial charge is 0.253 e. The monoisotopic (exact) mass is 238 g/mol. The Hall–Kier alpha value is -0.870. The Labute approximate surface area is 103 Å². The molecule has 0 bridgehead atoms. The molecular formula is C13H22N2O2. The van der Waals surface area contributed by atoms with Crippen LogP contribution in [-0.4, -0.2) is 49.2 Å². The summed E-state index contributed by atoms with van der Waals surface area (Å²) in [7, 11) is 0. The first-order chi connectivity index (χ1) is 8.33. The first-order valence-electron chi connectivity index (χ1n) is 6.56. The Morgan fingerprint density at radius 1 is 1.47 bits per heavy atom. The topological polar surface area (TPSA) is 41.6 Å². The van der Waals surface area contributed by atoms with E-state index in [1.165, 1.54) is 12.8 Å². The Morgan fingerprint density at radius 3 is 2.82 bits per heavy atom. The van der Waals surface area contributed by atoms with E-state index in [1.54, 1.807) is 0 Å². The van der Waals surface area contributed by atoms with Crippen LogP contribution < -0.4 is 5.32 Å². The van der Waals surface area contributed by atoms with Crippen LogP contribution in [0, 0.1) is 0 Å². The third kappa shape index (κ3) is 3.07. The quantitative estimate of drug-likeness (QED) is 0.741. The van der Waals surface area contributed by atoms with Gasteiger partial charge in [-0.2, -0.15) is 0 Å². The normalized spacial score (nSPS) is 25.8. The Bertz CT molecular complexity index is 269. The summed E-state index contributed by atoms with van der Waals surface area (Å²) in [5.41, 5.74) is 0. The minimum absolute atomic E-state index is 0.129. The predicted molar refractivity (Wildman–Crippen MR) is 66.8 cm³/mol. The lowest BCUT2D eigenvalue weighted by Crippen LogP contribution is -2.51. The van der Waals surface area contributed by atoms with Crippen LogP contribution in [0.5, 0.6) is 0 Å². The summed E-state index contributed by atoms with van der Waals surface area (Å²) in [6, 6.07) is 0.394. The molecule has 17 heavy (non-hydrogen) atoms. The van der Waals surface area contributed by atoms with Crippen LogP contribution in [0.1, 0.15) is 25.7 Å². The second kappa shape index (κ2) is 6.17. The molecule has 0 aromatic heterocycles. The molecule has 0 radical (unpaired) electrons. The molecule has 96 valence electrons. The van der Waals surface area contributed by atoms with Gasteiger partial charge in [-0.05, 0) is 12.8 Å². The summed E-state index contributed by atoms with van der Waals surface area (Å²) < 4.78 is 5.54. The molecular weight excluding hydrogens is 216 g/mol. The highest BCUT2D eigenvalue weighted by Crippen LogP contribution is 2.24. The van der Waals surface area contributed by atoms with Crippen molar-refractivity contribution < 1.29 is 9.53 Å². The molecule has 2 rings (SSSR count). The fourth-order valence-electron chi connectivity index (χ4n) is 2.68. The molecule has 1 amide bonds. The van der Waals surface area contributed by atoms with E-state index >= 15 is 0 Å². The van der Waals surface area contributed by atoms with Crippen LogP contribution in [0.3, 0.4) is 0 Å². The van der Waals surface area contributed by atoms with Gasteiger partial charge < -0.3 is 15.0 Å². The summed E-state index contributed by atoms with van der Waals surface area (Å²) in [6.45, 7) is 6.50. The van der Waals surface area contributed by atoms with Crippen molar-refractivity contribution in [3.8, 4) is 0 Å². The number of carbonyl (C=O) groups is 1. The molecule has 4 nitrogen and oxygen atoms in total. The second-order valence-corrected chi connectivity index (χ2v) is 4.78. The van der Waals surface area contributed by atoms with Crippen molar-refractivity contribution in [1.82, 2.24) is 10.2 Å². The van der Waals surface area contributed by atoms with Crippen molar-refractivity contribution in [3.05, 3.63) is 12.7 Å². The molecule has 1 heterocycles. The number of amides is 1. The fraction of sp³-hybridized carbons (Fsp3) is 0.769. The lowest BCUT2D eigenvalue weighted by atomic mass is 10.1. The zero-order valence-corrected chi connectivity index (χ0v) is 10.4. The number of hydrogen-bond donors (Lipinski definition) is 1. The average Bonchev–Trinajstić information content (AvgIpc) is 2.90. The molecule has 1 saturated heterocycles. The third-order valence-corrected chi connectivity index (χ3v) is 3.58. The number of carbonyl (C=O) groups excluding carboxylic acids is 1. The first-order valence-corrected chi connectivity index (χ1v) is 6.56. The average molecular weight is 238 g/mol. The van der Waals surface area contributed by atoms with Crippen molar-refractivity contribution >= 4 is 5.91 Å². The fourth-order valence-corrected chi connectivity index (χ4v) is 2.68. The molecule has 1 saturated carbocycles. The van der Waals surface area contributed by atoms with Crippen molar-refractivity contribution in [2.45, 2.75) is 37.8 Å². The van der Waals surface area contributed by atoms with Gasteiger partial charge in [-0.15, -0.1) is 6.58 Å². The minimum atomic E-state index is -0.302. The molecule has 2 fully saturated rings. The van der Waals surface area contributed by atoms with Crippen LogP contribution in [-0.2, 0) is 9.53 Å². The predicted octanol–water partition coefficient (Wildman–Crippen LogP) is 0.932. The van der Waals surface area contributed by atoms with E-state index < -0.39 is 0 Å². The molecule has 1 atom stereocenters. The first kappa shape index (κ1) is 12.6. The number of rotatable bonds is 4. The molecule has 0 spiro atoms. The van der Waals surface area contributed by atoms with Gasteiger partial charge in [-0.3, -0.25) is 4.79 Å². The van der Waals surface area contributed by atoms with Crippen molar-refractivity contribution in [1.29, 1.82) is 0 Å². The lowest BCUT2D eigenvalue weighted by Gasteiger charge is -2.33. The van der Waals surface area contributed by atoms with Gasteiger partial charge in [-0.25, -0.2) is 0 Å². The maximum Gasteiger partial charge on any atom is 0.253 e. The van der Waals surface area contributed by atoms with E-state index in [1.807, 2.05) is 11.0 Å². The van der Waals surface area contributed by atoms with E-state index in [0.29, 0.717) is 25.7 Å². The number of ether oxygens (including phenoxy) is 1. The number of hydrogen-bond acceptors (Lipinski definition) is 3. The standard InChI is InChI=1S/C13H22N2O2/c1-2-8-15(11-5-3-4-6-11)13(16)12-10-14-7-9-17-12/h2,11-12,14H,1,3-10H2. The highest BCUT2D eigenvalue weighted by Gasteiger charge is 2.31. The van der Waals surface area contributed by atoms with Gasteiger partial charge in [0.1, 0.15) is 6.10 Å². The zero-order valence-electron chi connectivity index (χ0n) is 10.4. The van der Waals surface area contributed by atoms with E-state index in [0.717, 1.165) is 19.4 Å². The zero-order chi connectivity index (χ0) is 12.1. The van der Waals surface area contributed by atoms with E-state index in [2.05, 4.69) is 11.9 Å². The molecule has 1 N–H and O–H groups in total. The highest BCUT2D eigenvalue weighted by atomic mass is 16.5. The third-order valence-electron chi connectivity index (χ3n) is 3.58. The Kier molecular flexibility index (Phi) is 4.57. The molecule has 1 aliphatic carbocycles. The van der Waals surface area contributed by atoms with E-state index in [-0.39, 0.29) is 12.0 Å². The largest absolute Gasteiger partial charge is 0.366 e. The van der Waals surface area contributed by atoms with E-state index in [9.17, 15) is 4.79 Å². The summed E-state index contributed by atoms with van der Waals surface area (Å²) in [4.78, 5) is 14.3. The Balaban J connectivity index is 1.97. The number of nitrogens with one attached hydrogen (secondary N) is 1. The van der Waals surface area contributed by atoms with Gasteiger partial charge in [0, 0.05) is 25.7 Å². The molecule has 1 aliphatic heterocycles. The van der Waals surface area contributed by atoms with Crippen LogP contribution >= 0.6 is 0 Å². The summed E-state index contributed by atoms with van der Waals surface area (Å²) >= 11 is 0. The Morgan fingerprint density at radius 2 is 2.24 bits per heavy atom. The molecule has 0 aromatic carbocycles. The van der Waals surface area contributed by atoms with Gasteiger partial charge in [0.05, 0.1) is 6.61 Å². The van der Waals surface area contributed by atoms with Crippen LogP contribution in [0.4, 0.5) is 0 Å². The summed E-state index contributed by atoms with van der Waals surface area (Å²) in [5.74, 6) is 0.129. The molecule has 2 aliphatic rings. The summed E-state index contributed by atoms with van der Waals surface area (Å²) in [6.07, 6.45) is 6.22. The number of nitrogens with zero attached hydrogens (tertiary/aromatic N) is 1. The number of morpholine rings is 1. The van der Waals surface area contributed by atoms with Crippen LogP contribution in [0.15, 0.2) is 12.7 Å². The van der Waals surface area contributed by atoms with Gasteiger partial charge in [0.25, 0.3) is 5.91 Å². The van der Waals surface area contributed by atoms with Gasteiger partial charge in [-0.1, -0.05) is 18.9 Å². The van der Waals surface area contributed by atoms with E-state index in [4.69, 9.17) is 4.74 Å². The van der Waals surface area contributed by atoms with Crippen molar-refractivity contribution in [3.63, 3.8) is 0 Å². The molecule has 0 aromatic rings. The van der Waals surface area contributed by atoms with Gasteiger partial charge in [0.2, 0.25) is 0 Å². The summed E-state index contributed by atoms with van der Waals surface area (Å²) in [5, 5.41) is 3.20.